The lowest BCUT2D eigenvalue weighted by molar-refractivity contribution is 0.0429. The van der Waals surface area contributed by atoms with Gasteiger partial charge in [-0.1, -0.05) is 41.5 Å². The quantitative estimate of drug-likeness (QED) is 0.440. The molecule has 0 aromatic carbocycles. The normalized spacial score (nSPS) is 18.3. The van der Waals surface area contributed by atoms with Crippen molar-refractivity contribution in [3.63, 3.8) is 0 Å². The summed E-state index contributed by atoms with van der Waals surface area (Å²) in [5.74, 6) is 0.806. The summed E-state index contributed by atoms with van der Waals surface area (Å²) in [5, 5.41) is 13.0. The van der Waals surface area contributed by atoms with Gasteiger partial charge in [0, 0.05) is 37.0 Å². The molecule has 1 aliphatic heterocycles. The van der Waals surface area contributed by atoms with Crippen LogP contribution < -0.4 is 5.32 Å². The number of furan rings is 1. The third-order valence-electron chi connectivity index (χ3n) is 6.68. The van der Waals surface area contributed by atoms with Gasteiger partial charge in [0.1, 0.15) is 32.8 Å². The third-order valence-corrected chi connectivity index (χ3v) is 8.54. The summed E-state index contributed by atoms with van der Waals surface area (Å²) in [5.41, 5.74) is -0.0932. The van der Waals surface area contributed by atoms with Crippen LogP contribution in [0.3, 0.4) is 0 Å². The second-order valence-corrected chi connectivity index (χ2v) is 14.0. The van der Waals surface area contributed by atoms with Crippen molar-refractivity contribution in [1.82, 2.24) is 19.8 Å². The van der Waals surface area contributed by atoms with Gasteiger partial charge in [-0.05, 0) is 30.4 Å². The molecule has 1 aliphatic rings. The van der Waals surface area contributed by atoms with Crippen LogP contribution in [-0.4, -0.2) is 82.5 Å². The lowest BCUT2D eigenvalue weighted by Crippen LogP contribution is -2.55. The number of carbonyl (C=O) groups is 2. The molecule has 0 saturated carbocycles. The van der Waals surface area contributed by atoms with Crippen LogP contribution in [0.5, 0.6) is 0 Å². The minimum Gasteiger partial charge on any atom is -0.467 e. The first-order chi connectivity index (χ1) is 18.2. The fourth-order valence-electron chi connectivity index (χ4n) is 4.72. The first kappa shape index (κ1) is 30.4. The molecular formula is C27H41N5O6S. The van der Waals surface area contributed by atoms with Gasteiger partial charge in [-0.25, -0.2) is 23.2 Å². The maximum Gasteiger partial charge on any atom is 0.407 e. The van der Waals surface area contributed by atoms with Crippen molar-refractivity contribution in [3.05, 3.63) is 41.7 Å². The number of nitrogens with one attached hydrogen (secondary N) is 1. The van der Waals surface area contributed by atoms with Gasteiger partial charge in [-0.15, -0.1) is 0 Å². The highest BCUT2D eigenvalue weighted by molar-refractivity contribution is 7.91. The number of hydrogen-bond donors (Lipinski definition) is 2. The predicted octanol–water partition coefficient (Wildman–Crippen LogP) is 3.88. The fraction of sp³-hybridized carbons (Fsp3) is 0.630. The number of piperidine rings is 1. The van der Waals surface area contributed by atoms with E-state index in [1.807, 2.05) is 40.7 Å². The van der Waals surface area contributed by atoms with Crippen LogP contribution in [0.15, 0.2) is 29.0 Å². The molecular weight excluding hydrogens is 522 g/mol. The molecule has 3 rings (SSSR count). The number of anilines is 1. The van der Waals surface area contributed by atoms with Gasteiger partial charge in [0.25, 0.3) is 5.91 Å². The van der Waals surface area contributed by atoms with Crippen LogP contribution in [0.2, 0.25) is 0 Å². The number of likely N-dealkylation sites (tertiary alicyclic amines) is 1. The highest BCUT2D eigenvalue weighted by Crippen LogP contribution is 2.28. The van der Waals surface area contributed by atoms with E-state index in [1.165, 1.54) is 11.1 Å². The molecule has 2 aromatic rings. The van der Waals surface area contributed by atoms with Crippen molar-refractivity contribution in [3.8, 4) is 0 Å². The molecule has 2 N–H and O–H groups in total. The summed E-state index contributed by atoms with van der Waals surface area (Å²) in [4.78, 5) is 38.2. The minimum atomic E-state index is -3.33. The van der Waals surface area contributed by atoms with E-state index < -0.39 is 27.9 Å². The average molecular weight is 564 g/mol. The molecule has 3 heterocycles. The van der Waals surface area contributed by atoms with E-state index in [2.05, 4.69) is 10.3 Å². The highest BCUT2D eigenvalue weighted by Gasteiger charge is 2.38. The largest absolute Gasteiger partial charge is 0.467 e. The molecule has 0 bridgehead atoms. The van der Waals surface area contributed by atoms with Gasteiger partial charge >= 0.3 is 6.09 Å². The average Bonchev–Trinajstić information content (AvgIpc) is 3.38. The Morgan fingerprint density at radius 1 is 1.28 bits per heavy atom. The Balaban J connectivity index is 1.99. The summed E-state index contributed by atoms with van der Waals surface area (Å²) in [6, 6.07) is 3.10. The molecule has 2 unspecified atom stereocenters. The second kappa shape index (κ2) is 12.4. The number of rotatable bonds is 10. The highest BCUT2D eigenvalue weighted by atomic mass is 32.2. The lowest BCUT2D eigenvalue weighted by atomic mass is 9.93. The molecule has 11 nitrogen and oxygen atoms in total. The molecule has 216 valence electrons. The Bertz CT molecular complexity index is 1240. The molecule has 0 radical (unpaired) electrons. The molecule has 0 spiro atoms. The van der Waals surface area contributed by atoms with E-state index in [-0.39, 0.29) is 47.4 Å². The first-order valence-electron chi connectivity index (χ1n) is 13.3. The zero-order valence-electron chi connectivity index (χ0n) is 23.7. The van der Waals surface area contributed by atoms with Crippen LogP contribution in [0.25, 0.3) is 0 Å². The summed E-state index contributed by atoms with van der Waals surface area (Å²) < 4.78 is 30.2. The molecule has 2 atom stereocenters. The van der Waals surface area contributed by atoms with Crippen molar-refractivity contribution < 1.29 is 27.5 Å². The SMILES string of the molecule is CCS(=O)(=O)CC1CC(N(CC(C)C)C(=O)c2cnc(C(C)(C)C)nc2NCc2ccco2)CN(C(=O)O)C1. The monoisotopic (exact) mass is 563 g/mol. The molecule has 12 heteroatoms. The fourth-order valence-corrected chi connectivity index (χ4v) is 5.91. The van der Waals surface area contributed by atoms with Crippen molar-refractivity contribution in [2.45, 2.75) is 66.0 Å². The zero-order chi connectivity index (χ0) is 29.0. The Morgan fingerprint density at radius 2 is 2.00 bits per heavy atom. The van der Waals surface area contributed by atoms with Crippen molar-refractivity contribution in [2.24, 2.45) is 11.8 Å². The Hall–Kier alpha value is -3.15. The summed E-state index contributed by atoms with van der Waals surface area (Å²) >= 11 is 0. The van der Waals surface area contributed by atoms with Gasteiger partial charge in [-0.3, -0.25) is 4.79 Å². The van der Waals surface area contributed by atoms with Crippen molar-refractivity contribution in [1.29, 1.82) is 0 Å². The first-order valence-corrected chi connectivity index (χ1v) is 15.1. The number of hydrogen-bond acceptors (Lipinski definition) is 8. The van der Waals surface area contributed by atoms with Gasteiger partial charge in [0.2, 0.25) is 0 Å². The number of nitrogens with zero attached hydrogens (tertiary/aromatic N) is 4. The van der Waals surface area contributed by atoms with Crippen LogP contribution in [0.4, 0.5) is 10.6 Å². The minimum absolute atomic E-state index is 0.0158. The molecule has 2 amide bonds. The number of carboxylic acid groups (broad SMARTS) is 1. The summed E-state index contributed by atoms with van der Waals surface area (Å²) in [7, 11) is -3.33. The number of amides is 2. The van der Waals surface area contributed by atoms with Gasteiger partial charge in [0.05, 0.1) is 24.6 Å². The molecule has 1 fully saturated rings. The van der Waals surface area contributed by atoms with E-state index in [0.29, 0.717) is 36.9 Å². The topological polar surface area (TPSA) is 146 Å². The second-order valence-electron chi connectivity index (χ2n) is 11.6. The van der Waals surface area contributed by atoms with E-state index >= 15 is 0 Å². The number of carbonyl (C=O) groups excluding carboxylic acids is 1. The van der Waals surface area contributed by atoms with Gasteiger partial charge < -0.3 is 24.6 Å². The van der Waals surface area contributed by atoms with Crippen LogP contribution in [0, 0.1) is 11.8 Å². The van der Waals surface area contributed by atoms with Crippen LogP contribution in [-0.2, 0) is 21.8 Å². The summed E-state index contributed by atoms with van der Waals surface area (Å²) in [6.07, 6.45) is 2.34. The smallest absolute Gasteiger partial charge is 0.407 e. The Morgan fingerprint density at radius 3 is 2.56 bits per heavy atom. The van der Waals surface area contributed by atoms with Crippen molar-refractivity contribution in [2.75, 3.05) is 36.5 Å². The third kappa shape index (κ3) is 8.17. The Kier molecular flexibility index (Phi) is 9.63. The number of sulfone groups is 1. The van der Waals surface area contributed by atoms with E-state index in [1.54, 1.807) is 24.2 Å². The van der Waals surface area contributed by atoms with E-state index in [9.17, 15) is 23.1 Å². The standard InChI is InChI=1S/C27H41N5O6S/c1-7-39(36,37)17-19-11-20(16-31(15-19)26(34)35)32(14-18(2)3)24(33)22-13-29-25(27(4,5)6)30-23(22)28-12-21-9-8-10-38-21/h8-10,13,18-20H,7,11-12,14-17H2,1-6H3,(H,34,35)(H,28,29,30). The van der Waals surface area contributed by atoms with Crippen molar-refractivity contribution >= 4 is 27.7 Å². The zero-order valence-corrected chi connectivity index (χ0v) is 24.5. The Labute approximate surface area is 230 Å². The lowest BCUT2D eigenvalue weighted by Gasteiger charge is -2.42. The van der Waals surface area contributed by atoms with Crippen LogP contribution in [0.1, 0.15) is 69.9 Å². The molecule has 2 aromatic heterocycles. The summed E-state index contributed by atoms with van der Waals surface area (Å²) in [6.45, 7) is 12.4. The number of aromatic nitrogens is 2. The van der Waals surface area contributed by atoms with Gasteiger partial charge in [0.15, 0.2) is 0 Å². The molecule has 0 aliphatic carbocycles. The van der Waals surface area contributed by atoms with Gasteiger partial charge in [-0.2, -0.15) is 0 Å². The predicted molar refractivity (Wildman–Crippen MR) is 148 cm³/mol. The molecule has 1 saturated heterocycles. The van der Waals surface area contributed by atoms with E-state index in [0.717, 1.165) is 0 Å². The maximum atomic E-state index is 14.1. The maximum absolute atomic E-state index is 14.1. The van der Waals surface area contributed by atoms with E-state index in [4.69, 9.17) is 9.40 Å². The molecule has 39 heavy (non-hydrogen) atoms. The van der Waals surface area contributed by atoms with Crippen LogP contribution >= 0.6 is 0 Å².